The molecule has 1 aliphatic carbocycles. The number of rotatable bonds is 4. The Balaban J connectivity index is 1.77. The van der Waals surface area contributed by atoms with Gasteiger partial charge in [-0.15, -0.1) is 0 Å². The summed E-state index contributed by atoms with van der Waals surface area (Å²) in [6.07, 6.45) is 5.40. The molecule has 1 saturated carbocycles. The van der Waals surface area contributed by atoms with Crippen LogP contribution in [0.4, 0.5) is 0 Å². The molecule has 0 bridgehead atoms. The van der Waals surface area contributed by atoms with Crippen LogP contribution >= 0.6 is 0 Å². The van der Waals surface area contributed by atoms with E-state index in [1.54, 1.807) is 4.90 Å². The Bertz CT molecular complexity index is 600. The van der Waals surface area contributed by atoms with Crippen LogP contribution in [-0.4, -0.2) is 28.3 Å². The highest BCUT2D eigenvalue weighted by Crippen LogP contribution is 2.39. The molecule has 3 N–H and O–H groups in total. The van der Waals surface area contributed by atoms with E-state index in [4.69, 9.17) is 10.8 Å². The fraction of sp³-hybridized carbons (Fsp3) is 0.444. The lowest BCUT2D eigenvalue weighted by atomic mass is 9.81. The van der Waals surface area contributed by atoms with Crippen LogP contribution in [0.5, 0.6) is 0 Å². The number of hydrogen-bond donors (Lipinski definition) is 3. The van der Waals surface area contributed by atoms with Gasteiger partial charge < -0.3 is 10.0 Å². The summed E-state index contributed by atoms with van der Waals surface area (Å²) in [6, 6.07) is 7.71. The third kappa shape index (κ3) is 2.59. The highest BCUT2D eigenvalue weighted by atomic mass is 16.3. The fourth-order valence-electron chi connectivity index (χ4n) is 3.70. The third-order valence-electron chi connectivity index (χ3n) is 5.05. The van der Waals surface area contributed by atoms with Crippen molar-refractivity contribution in [3.8, 4) is 0 Å². The van der Waals surface area contributed by atoms with Gasteiger partial charge in [0.2, 0.25) is 0 Å². The van der Waals surface area contributed by atoms with Crippen molar-refractivity contribution < 1.29 is 5.11 Å². The summed E-state index contributed by atoms with van der Waals surface area (Å²) in [7, 11) is 0. The molecular formula is C18H23N3O. The zero-order valence-electron chi connectivity index (χ0n) is 12.8. The number of allylic oxidation sites excluding steroid dienone is 1. The van der Waals surface area contributed by atoms with Crippen molar-refractivity contribution in [1.29, 1.82) is 10.8 Å². The minimum absolute atomic E-state index is 0.0960. The van der Waals surface area contributed by atoms with Gasteiger partial charge >= 0.3 is 0 Å². The molecule has 3 rings (SSSR count). The average Bonchev–Trinajstić information content (AvgIpc) is 2.80. The fourth-order valence-corrected chi connectivity index (χ4v) is 3.70. The van der Waals surface area contributed by atoms with Gasteiger partial charge in [0.1, 0.15) is 5.84 Å². The van der Waals surface area contributed by atoms with Crippen molar-refractivity contribution >= 4 is 12.2 Å². The number of fused-ring (bicyclic) bond motifs is 1. The molecule has 0 aromatic heterocycles. The van der Waals surface area contributed by atoms with E-state index in [0.717, 1.165) is 36.8 Å². The van der Waals surface area contributed by atoms with E-state index >= 15 is 0 Å². The molecule has 22 heavy (non-hydrogen) atoms. The number of amidine groups is 1. The zero-order valence-corrected chi connectivity index (χ0v) is 12.8. The molecule has 4 heteroatoms. The maximum absolute atomic E-state index is 10.6. The molecule has 1 aromatic carbocycles. The summed E-state index contributed by atoms with van der Waals surface area (Å²) >= 11 is 0. The summed E-state index contributed by atoms with van der Waals surface area (Å²) in [4.78, 5) is 1.66. The van der Waals surface area contributed by atoms with E-state index < -0.39 is 0 Å². The molecule has 1 aromatic rings. The van der Waals surface area contributed by atoms with Crippen LogP contribution in [0, 0.1) is 16.7 Å². The van der Waals surface area contributed by atoms with Crippen LogP contribution < -0.4 is 0 Å². The highest BCUT2D eigenvalue weighted by Gasteiger charge is 2.36. The van der Waals surface area contributed by atoms with Gasteiger partial charge in [0.25, 0.3) is 0 Å². The van der Waals surface area contributed by atoms with Crippen LogP contribution in [0.3, 0.4) is 0 Å². The first kappa shape index (κ1) is 15.0. The molecule has 1 aliphatic heterocycles. The van der Waals surface area contributed by atoms with Crippen LogP contribution in [0.2, 0.25) is 0 Å². The Morgan fingerprint density at radius 3 is 2.68 bits per heavy atom. The van der Waals surface area contributed by atoms with Crippen molar-refractivity contribution in [2.75, 3.05) is 0 Å². The van der Waals surface area contributed by atoms with Gasteiger partial charge in [-0.1, -0.05) is 36.4 Å². The molecule has 0 saturated heterocycles. The standard InChI is InChI=1S/C18H23N3O/c1-12-6-8-13(9-7-12)17(22)10-16-14-4-2-3-5-15(14)18(20)21(16)11-19/h2-5,11,13,16-17,19-20,22H,1,6-10H2. The number of aliphatic hydroxyl groups excluding tert-OH is 1. The number of hydrogen-bond acceptors (Lipinski definition) is 3. The molecule has 1 fully saturated rings. The zero-order chi connectivity index (χ0) is 15.7. The smallest absolute Gasteiger partial charge is 0.134 e. The van der Waals surface area contributed by atoms with Crippen molar-refractivity contribution in [2.24, 2.45) is 5.92 Å². The Morgan fingerprint density at radius 2 is 2.00 bits per heavy atom. The Hall–Kier alpha value is -1.94. The summed E-state index contributed by atoms with van der Waals surface area (Å²) in [5.74, 6) is 0.667. The Kier molecular flexibility index (Phi) is 4.12. The molecule has 1 heterocycles. The Labute approximate surface area is 131 Å². The van der Waals surface area contributed by atoms with E-state index in [2.05, 4.69) is 6.58 Å². The van der Waals surface area contributed by atoms with E-state index in [0.29, 0.717) is 18.2 Å². The van der Waals surface area contributed by atoms with E-state index in [1.807, 2.05) is 24.3 Å². The number of aliphatic hydroxyl groups is 1. The molecule has 0 amide bonds. The van der Waals surface area contributed by atoms with Crippen LogP contribution in [0.25, 0.3) is 0 Å². The third-order valence-corrected chi connectivity index (χ3v) is 5.05. The molecule has 2 atom stereocenters. The molecule has 0 spiro atoms. The number of nitrogens with zero attached hydrogens (tertiary/aromatic N) is 1. The van der Waals surface area contributed by atoms with Gasteiger partial charge in [-0.3, -0.25) is 10.8 Å². The van der Waals surface area contributed by atoms with Crippen molar-refractivity contribution in [3.63, 3.8) is 0 Å². The van der Waals surface area contributed by atoms with Crippen molar-refractivity contribution in [3.05, 3.63) is 47.5 Å². The SMILES string of the molecule is C=C1CCC(C(O)CC2c3ccccc3C(=N)N2C=N)CC1. The van der Waals surface area contributed by atoms with Crippen LogP contribution in [0.15, 0.2) is 36.4 Å². The van der Waals surface area contributed by atoms with Crippen LogP contribution in [0.1, 0.15) is 49.3 Å². The first-order valence-electron chi connectivity index (χ1n) is 7.93. The summed E-state index contributed by atoms with van der Waals surface area (Å²) in [5, 5.41) is 26.5. The summed E-state index contributed by atoms with van der Waals surface area (Å²) < 4.78 is 0. The van der Waals surface area contributed by atoms with Gasteiger partial charge in [-0.25, -0.2) is 0 Å². The molecule has 2 unspecified atom stereocenters. The topological polar surface area (TPSA) is 71.2 Å². The Morgan fingerprint density at radius 1 is 1.32 bits per heavy atom. The highest BCUT2D eigenvalue weighted by molar-refractivity contribution is 6.06. The average molecular weight is 297 g/mol. The number of benzene rings is 1. The maximum Gasteiger partial charge on any atom is 0.134 e. The second-order valence-corrected chi connectivity index (χ2v) is 6.38. The second-order valence-electron chi connectivity index (χ2n) is 6.38. The van der Waals surface area contributed by atoms with Crippen molar-refractivity contribution in [2.45, 2.75) is 44.2 Å². The lowest BCUT2D eigenvalue weighted by molar-refractivity contribution is 0.0695. The van der Waals surface area contributed by atoms with Crippen molar-refractivity contribution in [1.82, 2.24) is 4.90 Å². The van der Waals surface area contributed by atoms with Gasteiger partial charge in [-0.05, 0) is 43.6 Å². The van der Waals surface area contributed by atoms with Gasteiger partial charge in [0, 0.05) is 5.56 Å². The second kappa shape index (κ2) is 6.05. The molecule has 2 aliphatic rings. The minimum atomic E-state index is -0.389. The number of nitrogens with one attached hydrogen (secondary N) is 2. The maximum atomic E-state index is 10.6. The van der Waals surface area contributed by atoms with E-state index in [-0.39, 0.29) is 12.1 Å². The van der Waals surface area contributed by atoms with E-state index in [1.165, 1.54) is 11.9 Å². The summed E-state index contributed by atoms with van der Waals surface area (Å²) in [6.45, 7) is 4.03. The molecule has 0 radical (unpaired) electrons. The quantitative estimate of drug-likeness (QED) is 0.452. The van der Waals surface area contributed by atoms with Gasteiger partial charge in [0.05, 0.1) is 18.5 Å². The van der Waals surface area contributed by atoms with Gasteiger partial charge in [-0.2, -0.15) is 0 Å². The predicted molar refractivity (Wildman–Crippen MR) is 88.4 cm³/mol. The predicted octanol–water partition coefficient (Wildman–Crippen LogP) is 3.47. The lowest BCUT2D eigenvalue weighted by Crippen LogP contribution is -2.32. The first-order chi connectivity index (χ1) is 10.6. The molecule has 4 nitrogen and oxygen atoms in total. The molecular weight excluding hydrogens is 274 g/mol. The van der Waals surface area contributed by atoms with Gasteiger partial charge in [0.15, 0.2) is 0 Å². The summed E-state index contributed by atoms with van der Waals surface area (Å²) in [5.41, 5.74) is 3.22. The largest absolute Gasteiger partial charge is 0.393 e. The lowest BCUT2D eigenvalue weighted by Gasteiger charge is -2.31. The van der Waals surface area contributed by atoms with E-state index in [9.17, 15) is 5.11 Å². The van der Waals surface area contributed by atoms with Crippen LogP contribution in [-0.2, 0) is 0 Å². The molecule has 116 valence electrons. The minimum Gasteiger partial charge on any atom is -0.393 e. The normalized spacial score (nSPS) is 23.5. The monoisotopic (exact) mass is 297 g/mol. The first-order valence-corrected chi connectivity index (χ1v) is 7.93.